The van der Waals surface area contributed by atoms with Gasteiger partial charge < -0.3 is 15.2 Å². The van der Waals surface area contributed by atoms with Crippen molar-refractivity contribution < 1.29 is 9.84 Å². The van der Waals surface area contributed by atoms with Crippen LogP contribution in [0.15, 0.2) is 34.1 Å². The van der Waals surface area contributed by atoms with Crippen LogP contribution in [0, 0.1) is 0 Å². The molecule has 1 heterocycles. The third kappa shape index (κ3) is 3.25. The van der Waals surface area contributed by atoms with E-state index in [4.69, 9.17) is 4.74 Å². The first-order valence-electron chi connectivity index (χ1n) is 5.50. The Labute approximate surface area is 119 Å². The highest BCUT2D eigenvalue weighted by Crippen LogP contribution is 2.29. The van der Waals surface area contributed by atoms with Crippen molar-refractivity contribution in [2.45, 2.75) is 13.1 Å². The van der Waals surface area contributed by atoms with Gasteiger partial charge in [-0.25, -0.2) is 0 Å². The standard InChI is InChI=1S/C13H14BrNO2S/c1-17-11-4-2-3-9(13(11)16)7-15-8-10-5-6-12(14)18-10/h2-6,15-16H,7-8H2,1H3. The summed E-state index contributed by atoms with van der Waals surface area (Å²) in [6.45, 7) is 1.39. The van der Waals surface area contributed by atoms with Gasteiger partial charge in [0.1, 0.15) is 0 Å². The summed E-state index contributed by atoms with van der Waals surface area (Å²) in [5.74, 6) is 0.716. The summed E-state index contributed by atoms with van der Waals surface area (Å²) >= 11 is 5.14. The Morgan fingerprint density at radius 2 is 2.11 bits per heavy atom. The number of rotatable bonds is 5. The third-order valence-electron chi connectivity index (χ3n) is 2.55. The van der Waals surface area contributed by atoms with Crippen LogP contribution < -0.4 is 10.1 Å². The third-order valence-corrected chi connectivity index (χ3v) is 4.17. The van der Waals surface area contributed by atoms with Gasteiger partial charge in [-0.2, -0.15) is 0 Å². The van der Waals surface area contributed by atoms with Crippen LogP contribution in [0.3, 0.4) is 0 Å². The predicted molar refractivity (Wildman–Crippen MR) is 77.2 cm³/mol. The molecular formula is C13H14BrNO2S. The van der Waals surface area contributed by atoms with E-state index in [1.165, 1.54) is 4.88 Å². The van der Waals surface area contributed by atoms with E-state index in [2.05, 4.69) is 27.3 Å². The molecule has 0 saturated carbocycles. The zero-order valence-electron chi connectivity index (χ0n) is 9.94. The first-order chi connectivity index (χ1) is 8.70. The van der Waals surface area contributed by atoms with E-state index >= 15 is 0 Å². The highest BCUT2D eigenvalue weighted by molar-refractivity contribution is 9.11. The van der Waals surface area contributed by atoms with E-state index in [0.29, 0.717) is 12.3 Å². The maximum absolute atomic E-state index is 9.92. The molecular weight excluding hydrogens is 314 g/mol. The van der Waals surface area contributed by atoms with Crippen LogP contribution in [-0.4, -0.2) is 12.2 Å². The van der Waals surface area contributed by atoms with E-state index in [1.54, 1.807) is 24.5 Å². The minimum atomic E-state index is 0.208. The van der Waals surface area contributed by atoms with Gasteiger partial charge in [0.2, 0.25) is 0 Å². The zero-order chi connectivity index (χ0) is 13.0. The second-order valence-corrected chi connectivity index (χ2v) is 6.32. The second-order valence-electron chi connectivity index (χ2n) is 3.78. The van der Waals surface area contributed by atoms with E-state index in [9.17, 15) is 5.11 Å². The lowest BCUT2D eigenvalue weighted by Gasteiger charge is -2.09. The zero-order valence-corrected chi connectivity index (χ0v) is 12.3. The SMILES string of the molecule is COc1cccc(CNCc2ccc(Br)s2)c1O. The summed E-state index contributed by atoms with van der Waals surface area (Å²) in [5.41, 5.74) is 0.838. The molecule has 0 saturated heterocycles. The maximum Gasteiger partial charge on any atom is 0.162 e. The van der Waals surface area contributed by atoms with Crippen molar-refractivity contribution in [1.29, 1.82) is 0 Å². The molecule has 0 aliphatic carbocycles. The van der Waals surface area contributed by atoms with Crippen molar-refractivity contribution in [3.05, 3.63) is 44.6 Å². The first-order valence-corrected chi connectivity index (χ1v) is 7.11. The van der Waals surface area contributed by atoms with Crippen molar-refractivity contribution in [3.63, 3.8) is 0 Å². The summed E-state index contributed by atoms with van der Waals surface area (Å²) in [7, 11) is 1.55. The minimum Gasteiger partial charge on any atom is -0.504 e. The number of hydrogen-bond donors (Lipinski definition) is 2. The monoisotopic (exact) mass is 327 g/mol. The molecule has 1 aromatic carbocycles. The molecule has 0 unspecified atom stereocenters. The molecule has 2 aromatic rings. The Kier molecular flexibility index (Phi) is 4.63. The molecule has 18 heavy (non-hydrogen) atoms. The smallest absolute Gasteiger partial charge is 0.162 e. The Bertz CT molecular complexity index is 527. The van der Waals surface area contributed by atoms with E-state index in [0.717, 1.165) is 15.9 Å². The molecule has 0 radical (unpaired) electrons. The number of thiophene rings is 1. The molecule has 0 bridgehead atoms. The average molecular weight is 328 g/mol. The van der Waals surface area contributed by atoms with Gasteiger partial charge in [0, 0.05) is 23.5 Å². The van der Waals surface area contributed by atoms with E-state index < -0.39 is 0 Å². The molecule has 0 aliphatic rings. The Balaban J connectivity index is 1.94. The van der Waals surface area contributed by atoms with E-state index in [-0.39, 0.29) is 5.75 Å². The van der Waals surface area contributed by atoms with Crippen LogP contribution in [0.5, 0.6) is 11.5 Å². The molecule has 2 rings (SSSR count). The number of benzene rings is 1. The lowest BCUT2D eigenvalue weighted by Crippen LogP contribution is -2.11. The number of nitrogens with one attached hydrogen (secondary N) is 1. The van der Waals surface area contributed by atoms with Crippen LogP contribution in [-0.2, 0) is 13.1 Å². The fraction of sp³-hybridized carbons (Fsp3) is 0.231. The summed E-state index contributed by atoms with van der Waals surface area (Å²) in [5, 5.41) is 13.2. The molecule has 3 nitrogen and oxygen atoms in total. The second kappa shape index (κ2) is 6.22. The molecule has 0 spiro atoms. The summed E-state index contributed by atoms with van der Waals surface area (Å²) < 4.78 is 6.20. The quantitative estimate of drug-likeness (QED) is 0.882. The first kappa shape index (κ1) is 13.4. The number of phenolic OH excluding ortho intramolecular Hbond substituents is 1. The molecule has 5 heteroatoms. The topological polar surface area (TPSA) is 41.5 Å². The van der Waals surface area contributed by atoms with Gasteiger partial charge >= 0.3 is 0 Å². The number of halogens is 1. The van der Waals surface area contributed by atoms with Crippen LogP contribution in [0.2, 0.25) is 0 Å². The van der Waals surface area contributed by atoms with Crippen molar-refractivity contribution in [2.24, 2.45) is 0 Å². The Morgan fingerprint density at radius 3 is 2.78 bits per heavy atom. The van der Waals surface area contributed by atoms with Gasteiger partial charge in [-0.3, -0.25) is 0 Å². The van der Waals surface area contributed by atoms with Crippen molar-refractivity contribution in [3.8, 4) is 11.5 Å². The number of para-hydroxylation sites is 1. The number of ether oxygens (including phenoxy) is 1. The van der Waals surface area contributed by atoms with Crippen molar-refractivity contribution >= 4 is 27.3 Å². The van der Waals surface area contributed by atoms with Crippen LogP contribution in [0.25, 0.3) is 0 Å². The summed E-state index contributed by atoms with van der Waals surface area (Å²) in [6.07, 6.45) is 0. The molecule has 0 aliphatic heterocycles. The lowest BCUT2D eigenvalue weighted by atomic mass is 10.2. The van der Waals surface area contributed by atoms with Gasteiger partial charge in [0.05, 0.1) is 10.9 Å². The number of phenols is 1. The van der Waals surface area contributed by atoms with Gasteiger partial charge in [0.15, 0.2) is 11.5 Å². The molecule has 0 amide bonds. The number of aromatic hydroxyl groups is 1. The average Bonchev–Trinajstić information content (AvgIpc) is 2.77. The predicted octanol–water partition coefficient (Wildman–Crippen LogP) is 3.51. The van der Waals surface area contributed by atoms with Crippen molar-refractivity contribution in [2.75, 3.05) is 7.11 Å². The number of hydrogen-bond acceptors (Lipinski definition) is 4. The lowest BCUT2D eigenvalue weighted by molar-refractivity contribution is 0.369. The van der Waals surface area contributed by atoms with Gasteiger partial charge in [0.25, 0.3) is 0 Å². The van der Waals surface area contributed by atoms with Crippen LogP contribution in [0.4, 0.5) is 0 Å². The summed E-state index contributed by atoms with van der Waals surface area (Å²) in [4.78, 5) is 1.25. The van der Waals surface area contributed by atoms with Crippen LogP contribution in [0.1, 0.15) is 10.4 Å². The molecule has 2 N–H and O–H groups in total. The molecule has 0 atom stereocenters. The maximum atomic E-state index is 9.92. The summed E-state index contributed by atoms with van der Waals surface area (Å²) in [6, 6.07) is 9.61. The highest BCUT2D eigenvalue weighted by atomic mass is 79.9. The molecule has 0 fully saturated rings. The largest absolute Gasteiger partial charge is 0.504 e. The minimum absolute atomic E-state index is 0.208. The van der Waals surface area contributed by atoms with E-state index in [1.807, 2.05) is 18.2 Å². The fourth-order valence-corrected chi connectivity index (χ4v) is 3.10. The highest BCUT2D eigenvalue weighted by Gasteiger charge is 2.06. The van der Waals surface area contributed by atoms with Gasteiger partial charge in [-0.15, -0.1) is 11.3 Å². The van der Waals surface area contributed by atoms with Gasteiger partial charge in [-0.1, -0.05) is 12.1 Å². The normalized spacial score (nSPS) is 10.6. The Morgan fingerprint density at radius 1 is 1.28 bits per heavy atom. The Hall–Kier alpha value is -1.04. The number of methoxy groups -OCH3 is 1. The molecule has 96 valence electrons. The fourth-order valence-electron chi connectivity index (χ4n) is 1.64. The van der Waals surface area contributed by atoms with Crippen LogP contribution >= 0.6 is 27.3 Å². The van der Waals surface area contributed by atoms with Crippen molar-refractivity contribution in [1.82, 2.24) is 5.32 Å². The van der Waals surface area contributed by atoms with Gasteiger partial charge in [-0.05, 0) is 34.1 Å². The molecule has 1 aromatic heterocycles.